The summed E-state index contributed by atoms with van der Waals surface area (Å²) in [6, 6.07) is 5.92. The lowest BCUT2D eigenvalue weighted by Crippen LogP contribution is -2.46. The number of carbonyl (C=O) groups excluding carboxylic acids is 1. The highest BCUT2D eigenvalue weighted by Gasteiger charge is 2.38. The molecular formula is C14H16ClNO4. The average molecular weight is 298 g/mol. The van der Waals surface area contributed by atoms with Crippen molar-refractivity contribution in [2.75, 3.05) is 6.61 Å². The van der Waals surface area contributed by atoms with E-state index in [0.717, 1.165) is 12.8 Å². The van der Waals surface area contributed by atoms with Gasteiger partial charge >= 0.3 is 5.97 Å². The first-order valence-corrected chi connectivity index (χ1v) is 6.79. The molecule has 1 amide bonds. The Bertz CT molecular complexity index is 516. The molecule has 5 nitrogen and oxygen atoms in total. The van der Waals surface area contributed by atoms with Crippen LogP contribution in [-0.2, 0) is 9.59 Å². The van der Waals surface area contributed by atoms with Gasteiger partial charge in [0.1, 0.15) is 11.8 Å². The van der Waals surface area contributed by atoms with Crippen LogP contribution in [0.5, 0.6) is 5.75 Å². The topological polar surface area (TPSA) is 66.8 Å². The van der Waals surface area contributed by atoms with Crippen LogP contribution in [0.2, 0.25) is 5.02 Å². The molecule has 2 rings (SSSR count). The largest absolute Gasteiger partial charge is 0.484 e. The number of rotatable bonds is 6. The molecule has 1 N–H and O–H groups in total. The van der Waals surface area contributed by atoms with Crippen LogP contribution in [0.25, 0.3) is 0 Å². The number of carboxylic acid groups (broad SMARTS) is 1. The smallest absolute Gasteiger partial charge is 0.326 e. The van der Waals surface area contributed by atoms with Gasteiger partial charge in [-0.3, -0.25) is 4.79 Å². The van der Waals surface area contributed by atoms with Gasteiger partial charge in [0.25, 0.3) is 5.91 Å². The Morgan fingerprint density at radius 1 is 1.50 bits per heavy atom. The van der Waals surface area contributed by atoms with Gasteiger partial charge in [-0.1, -0.05) is 17.7 Å². The summed E-state index contributed by atoms with van der Waals surface area (Å²) in [6.45, 7) is 1.33. The standard InChI is InChI=1S/C14H16ClNO4/c1-9(14(18)19)16(11-5-6-11)13(17)8-20-12-4-2-3-10(15)7-12/h2-4,7,9,11H,5-6,8H2,1H3,(H,18,19). The summed E-state index contributed by atoms with van der Waals surface area (Å²) in [4.78, 5) is 24.6. The number of carbonyl (C=O) groups is 2. The van der Waals surface area contributed by atoms with Gasteiger partial charge < -0.3 is 14.7 Å². The second-order valence-electron chi connectivity index (χ2n) is 4.79. The van der Waals surface area contributed by atoms with Crippen LogP contribution < -0.4 is 4.74 Å². The molecule has 6 heteroatoms. The monoisotopic (exact) mass is 297 g/mol. The predicted octanol–water partition coefficient (Wildman–Crippen LogP) is 2.18. The van der Waals surface area contributed by atoms with Gasteiger partial charge in [0.05, 0.1) is 0 Å². The maximum absolute atomic E-state index is 12.1. The third-order valence-corrected chi connectivity index (χ3v) is 3.40. The van der Waals surface area contributed by atoms with E-state index in [1.165, 1.54) is 11.8 Å². The van der Waals surface area contributed by atoms with Gasteiger partial charge in [0.15, 0.2) is 6.61 Å². The highest BCUT2D eigenvalue weighted by molar-refractivity contribution is 6.30. The summed E-state index contributed by atoms with van der Waals surface area (Å²) in [7, 11) is 0. The van der Waals surface area contributed by atoms with E-state index in [9.17, 15) is 9.59 Å². The van der Waals surface area contributed by atoms with Crippen LogP contribution in [0.3, 0.4) is 0 Å². The molecule has 0 saturated heterocycles. The second kappa shape index (κ2) is 6.13. The molecular weight excluding hydrogens is 282 g/mol. The van der Waals surface area contributed by atoms with E-state index in [-0.39, 0.29) is 18.6 Å². The maximum Gasteiger partial charge on any atom is 0.326 e. The molecule has 1 unspecified atom stereocenters. The number of benzene rings is 1. The van der Waals surface area contributed by atoms with Crippen LogP contribution in [0.15, 0.2) is 24.3 Å². The van der Waals surface area contributed by atoms with Crippen molar-refractivity contribution in [2.24, 2.45) is 0 Å². The van der Waals surface area contributed by atoms with Gasteiger partial charge in [-0.05, 0) is 38.0 Å². The number of carboxylic acids is 1. The van der Waals surface area contributed by atoms with Gasteiger partial charge in [0, 0.05) is 11.1 Å². The zero-order valence-corrected chi connectivity index (χ0v) is 11.8. The second-order valence-corrected chi connectivity index (χ2v) is 5.23. The van der Waals surface area contributed by atoms with E-state index in [1.807, 2.05) is 0 Å². The minimum Gasteiger partial charge on any atom is -0.484 e. The van der Waals surface area contributed by atoms with E-state index in [2.05, 4.69) is 0 Å². The Morgan fingerprint density at radius 3 is 2.75 bits per heavy atom. The lowest BCUT2D eigenvalue weighted by molar-refractivity contribution is -0.150. The lowest BCUT2D eigenvalue weighted by Gasteiger charge is -2.26. The minimum atomic E-state index is -1.01. The molecule has 0 heterocycles. The van der Waals surface area contributed by atoms with E-state index in [0.29, 0.717) is 10.8 Å². The average Bonchev–Trinajstić information content (AvgIpc) is 3.21. The Morgan fingerprint density at radius 2 is 2.20 bits per heavy atom. The number of halogens is 1. The van der Waals surface area contributed by atoms with Crippen molar-refractivity contribution in [3.63, 3.8) is 0 Å². The zero-order valence-electron chi connectivity index (χ0n) is 11.1. The SMILES string of the molecule is CC(C(=O)O)N(C(=O)COc1cccc(Cl)c1)C1CC1. The molecule has 0 aromatic heterocycles. The Hall–Kier alpha value is -1.75. The first-order valence-electron chi connectivity index (χ1n) is 6.41. The van der Waals surface area contributed by atoms with E-state index >= 15 is 0 Å². The Kier molecular flexibility index (Phi) is 4.49. The van der Waals surface area contributed by atoms with Crippen LogP contribution in [0, 0.1) is 0 Å². The summed E-state index contributed by atoms with van der Waals surface area (Å²) in [6.07, 6.45) is 1.70. The zero-order chi connectivity index (χ0) is 14.7. The summed E-state index contributed by atoms with van der Waals surface area (Å²) < 4.78 is 5.37. The van der Waals surface area contributed by atoms with Crippen LogP contribution in [0.1, 0.15) is 19.8 Å². The fourth-order valence-electron chi connectivity index (χ4n) is 1.98. The number of amides is 1. The van der Waals surface area contributed by atoms with Crippen molar-refractivity contribution in [3.8, 4) is 5.75 Å². The fraction of sp³-hybridized carbons (Fsp3) is 0.429. The molecule has 0 spiro atoms. The lowest BCUT2D eigenvalue weighted by atomic mass is 10.2. The summed E-state index contributed by atoms with van der Waals surface area (Å²) >= 11 is 5.82. The number of hydrogen-bond donors (Lipinski definition) is 1. The molecule has 0 radical (unpaired) electrons. The van der Waals surface area contributed by atoms with Crippen molar-refractivity contribution in [3.05, 3.63) is 29.3 Å². The Labute approximate surface area is 122 Å². The van der Waals surface area contributed by atoms with Crippen molar-refractivity contribution >= 4 is 23.5 Å². The Balaban J connectivity index is 1.97. The van der Waals surface area contributed by atoms with Gasteiger partial charge in [-0.2, -0.15) is 0 Å². The van der Waals surface area contributed by atoms with Crippen molar-refractivity contribution < 1.29 is 19.4 Å². The van der Waals surface area contributed by atoms with E-state index < -0.39 is 12.0 Å². The van der Waals surface area contributed by atoms with Gasteiger partial charge in [-0.15, -0.1) is 0 Å². The number of aliphatic carboxylic acids is 1. The molecule has 20 heavy (non-hydrogen) atoms. The summed E-state index contributed by atoms with van der Waals surface area (Å²) in [5.74, 6) is -0.833. The molecule has 0 aliphatic heterocycles. The predicted molar refractivity (Wildman–Crippen MR) is 73.9 cm³/mol. The summed E-state index contributed by atoms with van der Waals surface area (Å²) in [5, 5.41) is 9.57. The van der Waals surface area contributed by atoms with Crippen molar-refractivity contribution in [2.45, 2.75) is 31.8 Å². The molecule has 1 saturated carbocycles. The van der Waals surface area contributed by atoms with Gasteiger partial charge in [0.2, 0.25) is 0 Å². The summed E-state index contributed by atoms with van der Waals surface area (Å²) in [5.41, 5.74) is 0. The number of hydrogen-bond acceptors (Lipinski definition) is 3. The third kappa shape index (κ3) is 3.63. The fourth-order valence-corrected chi connectivity index (χ4v) is 2.16. The number of ether oxygens (including phenoxy) is 1. The normalized spacial score (nSPS) is 15.5. The molecule has 1 atom stereocenters. The van der Waals surface area contributed by atoms with E-state index in [4.69, 9.17) is 21.4 Å². The van der Waals surface area contributed by atoms with Crippen molar-refractivity contribution in [1.82, 2.24) is 4.90 Å². The van der Waals surface area contributed by atoms with Crippen LogP contribution in [0.4, 0.5) is 0 Å². The van der Waals surface area contributed by atoms with E-state index in [1.54, 1.807) is 24.3 Å². The highest BCUT2D eigenvalue weighted by atomic mass is 35.5. The maximum atomic E-state index is 12.1. The van der Waals surface area contributed by atoms with Gasteiger partial charge in [-0.25, -0.2) is 4.79 Å². The van der Waals surface area contributed by atoms with Crippen molar-refractivity contribution in [1.29, 1.82) is 0 Å². The molecule has 1 fully saturated rings. The van der Waals surface area contributed by atoms with Crippen LogP contribution in [-0.4, -0.2) is 40.6 Å². The highest BCUT2D eigenvalue weighted by Crippen LogP contribution is 2.29. The number of nitrogens with zero attached hydrogens (tertiary/aromatic N) is 1. The quantitative estimate of drug-likeness (QED) is 0.874. The molecule has 1 aliphatic rings. The van der Waals surface area contributed by atoms with Crippen LogP contribution >= 0.6 is 11.6 Å². The molecule has 1 aromatic rings. The minimum absolute atomic E-state index is 0.0246. The first kappa shape index (κ1) is 14.7. The molecule has 0 bridgehead atoms. The third-order valence-electron chi connectivity index (χ3n) is 3.16. The molecule has 1 aliphatic carbocycles. The molecule has 1 aromatic carbocycles. The molecule has 108 valence electrons. The first-order chi connectivity index (χ1) is 9.49.